The van der Waals surface area contributed by atoms with Gasteiger partial charge in [-0.15, -0.1) is 12.4 Å². The summed E-state index contributed by atoms with van der Waals surface area (Å²) in [5.41, 5.74) is 8.08. The highest BCUT2D eigenvalue weighted by Crippen LogP contribution is 2.15. The molecule has 0 spiro atoms. The minimum absolute atomic E-state index is 0. The van der Waals surface area contributed by atoms with Gasteiger partial charge in [-0.3, -0.25) is 4.90 Å². The van der Waals surface area contributed by atoms with Crippen molar-refractivity contribution in [2.24, 2.45) is 11.1 Å². The molecule has 0 saturated heterocycles. The second-order valence-electron chi connectivity index (χ2n) is 6.13. The third kappa shape index (κ3) is 5.16. The van der Waals surface area contributed by atoms with Crippen molar-refractivity contribution in [2.75, 3.05) is 20.1 Å². The first-order valence-corrected chi connectivity index (χ1v) is 6.99. The third-order valence-electron chi connectivity index (χ3n) is 3.35. The molecule has 0 amide bonds. The van der Waals surface area contributed by atoms with E-state index in [0.717, 1.165) is 24.5 Å². The normalized spacial score (nSPS) is 11.5. The van der Waals surface area contributed by atoms with Crippen molar-refractivity contribution in [3.8, 4) is 5.69 Å². The molecule has 0 unspecified atom stereocenters. The fourth-order valence-electron chi connectivity index (χ4n) is 2.30. The van der Waals surface area contributed by atoms with Gasteiger partial charge in [-0.25, -0.2) is 4.68 Å². The summed E-state index contributed by atoms with van der Waals surface area (Å²) in [5.74, 6) is 0. The first-order valence-electron chi connectivity index (χ1n) is 6.99. The van der Waals surface area contributed by atoms with Crippen molar-refractivity contribution in [3.63, 3.8) is 0 Å². The van der Waals surface area contributed by atoms with Crippen LogP contribution in [0, 0.1) is 5.41 Å². The standard InChI is InChI=1S/C16H24N4.ClH/c1-16(2,12-17)13-19(3)11-14-9-10-20(18-14)15-7-5-4-6-8-15;/h4-10H,11-13,17H2,1-3H3;1H. The zero-order chi connectivity index (χ0) is 14.6. The minimum Gasteiger partial charge on any atom is -0.330 e. The second kappa shape index (κ2) is 7.59. The number of halogens is 1. The lowest BCUT2D eigenvalue weighted by molar-refractivity contribution is 0.208. The number of hydrogen-bond acceptors (Lipinski definition) is 3. The number of para-hydroxylation sites is 1. The molecule has 2 rings (SSSR count). The fourth-order valence-corrected chi connectivity index (χ4v) is 2.30. The lowest BCUT2D eigenvalue weighted by Crippen LogP contribution is -2.36. The highest BCUT2D eigenvalue weighted by molar-refractivity contribution is 5.85. The Morgan fingerprint density at radius 2 is 1.86 bits per heavy atom. The summed E-state index contributed by atoms with van der Waals surface area (Å²) in [5, 5.41) is 4.62. The molecule has 0 saturated carbocycles. The number of nitrogens with two attached hydrogens (primary N) is 1. The number of nitrogens with zero attached hydrogens (tertiary/aromatic N) is 3. The van der Waals surface area contributed by atoms with Gasteiger partial charge in [0.15, 0.2) is 0 Å². The number of benzene rings is 1. The van der Waals surface area contributed by atoms with Crippen LogP contribution in [0.3, 0.4) is 0 Å². The summed E-state index contributed by atoms with van der Waals surface area (Å²) in [7, 11) is 2.11. The lowest BCUT2D eigenvalue weighted by atomic mass is 9.93. The molecule has 0 fully saturated rings. The Kier molecular flexibility index (Phi) is 6.40. The molecule has 0 atom stereocenters. The van der Waals surface area contributed by atoms with Gasteiger partial charge in [0.05, 0.1) is 11.4 Å². The van der Waals surface area contributed by atoms with E-state index in [1.165, 1.54) is 0 Å². The van der Waals surface area contributed by atoms with Gasteiger partial charge in [0.1, 0.15) is 0 Å². The summed E-state index contributed by atoms with van der Waals surface area (Å²) in [6.07, 6.45) is 2.01. The fraction of sp³-hybridized carbons (Fsp3) is 0.438. The highest BCUT2D eigenvalue weighted by Gasteiger charge is 2.18. The Labute approximate surface area is 133 Å². The molecule has 1 aromatic heterocycles. The van der Waals surface area contributed by atoms with Crippen molar-refractivity contribution in [1.29, 1.82) is 0 Å². The van der Waals surface area contributed by atoms with Crippen molar-refractivity contribution < 1.29 is 0 Å². The van der Waals surface area contributed by atoms with E-state index in [0.29, 0.717) is 6.54 Å². The van der Waals surface area contributed by atoms with E-state index in [2.05, 4.69) is 49.1 Å². The van der Waals surface area contributed by atoms with Crippen molar-refractivity contribution >= 4 is 12.4 Å². The van der Waals surface area contributed by atoms with E-state index in [9.17, 15) is 0 Å². The van der Waals surface area contributed by atoms with Crippen LogP contribution in [-0.2, 0) is 6.54 Å². The summed E-state index contributed by atoms with van der Waals surface area (Å²) in [6, 6.07) is 12.2. The van der Waals surface area contributed by atoms with E-state index in [4.69, 9.17) is 5.73 Å². The van der Waals surface area contributed by atoms with E-state index in [1.54, 1.807) is 0 Å². The number of hydrogen-bond donors (Lipinski definition) is 1. The molecule has 1 aromatic carbocycles. The summed E-state index contributed by atoms with van der Waals surface area (Å²) >= 11 is 0. The maximum absolute atomic E-state index is 5.78. The van der Waals surface area contributed by atoms with Gasteiger partial charge in [0, 0.05) is 19.3 Å². The maximum Gasteiger partial charge on any atom is 0.0769 e. The molecule has 1 heterocycles. The molecule has 2 aromatic rings. The molecule has 0 aliphatic heterocycles. The Balaban J connectivity index is 0.00000220. The molecule has 0 aliphatic carbocycles. The van der Waals surface area contributed by atoms with Gasteiger partial charge in [-0.2, -0.15) is 5.10 Å². The molecule has 0 bridgehead atoms. The van der Waals surface area contributed by atoms with Gasteiger partial charge in [0.2, 0.25) is 0 Å². The first-order chi connectivity index (χ1) is 9.50. The monoisotopic (exact) mass is 308 g/mol. The zero-order valence-corrected chi connectivity index (χ0v) is 13.8. The maximum atomic E-state index is 5.78. The van der Waals surface area contributed by atoms with Crippen molar-refractivity contribution in [1.82, 2.24) is 14.7 Å². The first kappa shape index (κ1) is 17.7. The molecule has 116 valence electrons. The largest absolute Gasteiger partial charge is 0.330 e. The SMILES string of the molecule is CN(Cc1ccn(-c2ccccc2)n1)CC(C)(C)CN.Cl. The summed E-state index contributed by atoms with van der Waals surface area (Å²) in [6.45, 7) is 6.86. The molecular formula is C16H25ClN4. The Morgan fingerprint density at radius 3 is 2.48 bits per heavy atom. The van der Waals surface area contributed by atoms with Gasteiger partial charge in [0.25, 0.3) is 0 Å². The second-order valence-corrected chi connectivity index (χ2v) is 6.13. The van der Waals surface area contributed by atoms with Crippen molar-refractivity contribution in [3.05, 3.63) is 48.3 Å². The molecule has 4 nitrogen and oxygen atoms in total. The average molecular weight is 309 g/mol. The average Bonchev–Trinajstić information content (AvgIpc) is 2.87. The predicted molar refractivity (Wildman–Crippen MR) is 90.0 cm³/mol. The Morgan fingerprint density at radius 1 is 1.19 bits per heavy atom. The van der Waals surface area contributed by atoms with Crippen LogP contribution in [0.4, 0.5) is 0 Å². The van der Waals surface area contributed by atoms with Crippen LogP contribution in [0.15, 0.2) is 42.6 Å². The molecule has 21 heavy (non-hydrogen) atoms. The zero-order valence-electron chi connectivity index (χ0n) is 13.0. The third-order valence-corrected chi connectivity index (χ3v) is 3.35. The van der Waals surface area contributed by atoms with Crippen molar-refractivity contribution in [2.45, 2.75) is 20.4 Å². The minimum atomic E-state index is 0. The van der Waals surface area contributed by atoms with Gasteiger partial charge >= 0.3 is 0 Å². The van der Waals surface area contributed by atoms with Crippen LogP contribution in [-0.4, -0.2) is 34.8 Å². The van der Waals surface area contributed by atoms with E-state index in [1.807, 2.05) is 29.1 Å². The Bertz CT molecular complexity index is 536. The van der Waals surface area contributed by atoms with Gasteiger partial charge < -0.3 is 5.73 Å². The summed E-state index contributed by atoms with van der Waals surface area (Å²) < 4.78 is 1.91. The van der Waals surface area contributed by atoms with Crippen LogP contribution in [0.1, 0.15) is 19.5 Å². The van der Waals surface area contributed by atoms with E-state index >= 15 is 0 Å². The number of rotatable bonds is 6. The summed E-state index contributed by atoms with van der Waals surface area (Å²) in [4.78, 5) is 2.27. The smallest absolute Gasteiger partial charge is 0.0769 e. The van der Waals surface area contributed by atoms with Crippen LogP contribution in [0.2, 0.25) is 0 Å². The van der Waals surface area contributed by atoms with Crippen LogP contribution < -0.4 is 5.73 Å². The molecule has 0 radical (unpaired) electrons. The molecule has 5 heteroatoms. The van der Waals surface area contributed by atoms with E-state index < -0.39 is 0 Å². The molecular weight excluding hydrogens is 284 g/mol. The topological polar surface area (TPSA) is 47.1 Å². The van der Waals surface area contributed by atoms with Gasteiger partial charge in [-0.05, 0) is 37.2 Å². The van der Waals surface area contributed by atoms with Crippen LogP contribution in [0.25, 0.3) is 5.69 Å². The highest BCUT2D eigenvalue weighted by atomic mass is 35.5. The lowest BCUT2D eigenvalue weighted by Gasteiger charge is -2.28. The van der Waals surface area contributed by atoms with Crippen LogP contribution >= 0.6 is 12.4 Å². The number of aromatic nitrogens is 2. The Hall–Kier alpha value is -1.36. The van der Waals surface area contributed by atoms with Crippen LogP contribution in [0.5, 0.6) is 0 Å². The molecule has 2 N–H and O–H groups in total. The van der Waals surface area contributed by atoms with Gasteiger partial charge in [-0.1, -0.05) is 32.0 Å². The predicted octanol–water partition coefficient (Wildman–Crippen LogP) is 2.71. The van der Waals surface area contributed by atoms with E-state index in [-0.39, 0.29) is 17.8 Å². The quantitative estimate of drug-likeness (QED) is 0.892. The molecule has 0 aliphatic rings.